The summed E-state index contributed by atoms with van der Waals surface area (Å²) in [5, 5.41) is 6.20. The van der Waals surface area contributed by atoms with Gasteiger partial charge in [0.1, 0.15) is 0 Å². The molecule has 1 aliphatic rings. The van der Waals surface area contributed by atoms with Crippen molar-refractivity contribution in [3.05, 3.63) is 23.8 Å². The quantitative estimate of drug-likeness (QED) is 0.784. The predicted molar refractivity (Wildman–Crippen MR) is 81.6 cm³/mol. The number of para-hydroxylation sites is 1. The zero-order chi connectivity index (χ0) is 15.1. The van der Waals surface area contributed by atoms with Crippen LogP contribution >= 0.6 is 0 Å². The number of hydrogen-bond acceptors (Lipinski definition) is 4. The Hall–Kier alpha value is -1.75. The Labute approximate surface area is 126 Å². The monoisotopic (exact) mass is 292 g/mol. The molecule has 0 aromatic heterocycles. The molecule has 1 aliphatic heterocycles. The molecule has 0 aliphatic carbocycles. The lowest BCUT2D eigenvalue weighted by Gasteiger charge is -2.13. The van der Waals surface area contributed by atoms with Gasteiger partial charge in [-0.2, -0.15) is 0 Å². The zero-order valence-corrected chi connectivity index (χ0v) is 12.8. The third kappa shape index (κ3) is 4.63. The van der Waals surface area contributed by atoms with Crippen LogP contribution in [0.15, 0.2) is 18.2 Å². The molecule has 21 heavy (non-hydrogen) atoms. The van der Waals surface area contributed by atoms with Gasteiger partial charge in [-0.3, -0.25) is 4.79 Å². The molecular formula is C16H24N2O3. The summed E-state index contributed by atoms with van der Waals surface area (Å²) in [5.74, 6) is 1.77. The fourth-order valence-corrected chi connectivity index (χ4v) is 2.09. The number of nitrogens with one attached hydrogen (secondary N) is 2. The number of amides is 1. The van der Waals surface area contributed by atoms with Crippen LogP contribution in [0.3, 0.4) is 0 Å². The lowest BCUT2D eigenvalue weighted by atomic mass is 10.2. The van der Waals surface area contributed by atoms with Crippen molar-refractivity contribution in [2.24, 2.45) is 5.92 Å². The van der Waals surface area contributed by atoms with E-state index in [0.717, 1.165) is 30.0 Å². The molecular weight excluding hydrogens is 268 g/mol. The Bertz CT molecular complexity index is 475. The Morgan fingerprint density at radius 1 is 1.24 bits per heavy atom. The molecule has 5 nitrogen and oxygen atoms in total. The highest BCUT2D eigenvalue weighted by atomic mass is 16.5. The number of fused-ring (bicyclic) bond motifs is 1. The van der Waals surface area contributed by atoms with Crippen molar-refractivity contribution < 1.29 is 14.3 Å². The van der Waals surface area contributed by atoms with Crippen LogP contribution in [0.4, 0.5) is 0 Å². The summed E-state index contributed by atoms with van der Waals surface area (Å²) >= 11 is 0. The van der Waals surface area contributed by atoms with E-state index in [0.29, 0.717) is 26.3 Å². The molecule has 1 aromatic rings. The standard InChI is InChI=1S/C16H24N2O3/c1-12(2)16(19)18-8-7-17-11-13-5-3-6-14-15(13)21-10-4-9-20-14/h3,5-6,12,17H,4,7-11H2,1-2H3,(H,18,19). The Morgan fingerprint density at radius 2 is 2.05 bits per heavy atom. The van der Waals surface area contributed by atoms with Gasteiger partial charge in [0.2, 0.25) is 5.91 Å². The molecule has 116 valence electrons. The summed E-state index contributed by atoms with van der Waals surface area (Å²) in [5.41, 5.74) is 1.09. The molecule has 0 spiro atoms. The van der Waals surface area contributed by atoms with Crippen LogP contribution in [0.2, 0.25) is 0 Å². The smallest absolute Gasteiger partial charge is 0.222 e. The first kappa shape index (κ1) is 15.6. The van der Waals surface area contributed by atoms with Crippen molar-refractivity contribution in [1.29, 1.82) is 0 Å². The Balaban J connectivity index is 1.80. The van der Waals surface area contributed by atoms with E-state index in [1.165, 1.54) is 0 Å². The topological polar surface area (TPSA) is 59.6 Å². The molecule has 0 atom stereocenters. The van der Waals surface area contributed by atoms with Crippen molar-refractivity contribution in [2.75, 3.05) is 26.3 Å². The number of ether oxygens (including phenoxy) is 2. The summed E-state index contributed by atoms with van der Waals surface area (Å²) in [7, 11) is 0. The highest BCUT2D eigenvalue weighted by molar-refractivity contribution is 5.77. The summed E-state index contributed by atoms with van der Waals surface area (Å²) in [4.78, 5) is 11.4. The van der Waals surface area contributed by atoms with Gasteiger partial charge in [0.15, 0.2) is 11.5 Å². The first-order chi connectivity index (χ1) is 10.2. The van der Waals surface area contributed by atoms with Gasteiger partial charge in [-0.25, -0.2) is 0 Å². The van der Waals surface area contributed by atoms with Gasteiger partial charge < -0.3 is 20.1 Å². The molecule has 0 radical (unpaired) electrons. The van der Waals surface area contributed by atoms with Crippen molar-refractivity contribution in [3.63, 3.8) is 0 Å². The third-order valence-corrected chi connectivity index (χ3v) is 3.29. The van der Waals surface area contributed by atoms with Gasteiger partial charge in [-0.15, -0.1) is 0 Å². The lowest BCUT2D eigenvalue weighted by molar-refractivity contribution is -0.123. The third-order valence-electron chi connectivity index (χ3n) is 3.29. The average Bonchev–Trinajstić information content (AvgIpc) is 2.72. The van der Waals surface area contributed by atoms with Crippen LogP contribution in [0.25, 0.3) is 0 Å². The summed E-state index contributed by atoms with van der Waals surface area (Å²) in [6, 6.07) is 5.95. The van der Waals surface area contributed by atoms with Crippen LogP contribution in [-0.4, -0.2) is 32.2 Å². The number of hydrogen-bond donors (Lipinski definition) is 2. The van der Waals surface area contributed by atoms with Gasteiger partial charge in [-0.05, 0) is 6.07 Å². The van der Waals surface area contributed by atoms with Crippen LogP contribution in [-0.2, 0) is 11.3 Å². The van der Waals surface area contributed by atoms with E-state index < -0.39 is 0 Å². The highest BCUT2D eigenvalue weighted by Gasteiger charge is 2.13. The van der Waals surface area contributed by atoms with Gasteiger partial charge in [0, 0.05) is 37.5 Å². The van der Waals surface area contributed by atoms with Gasteiger partial charge in [0.25, 0.3) is 0 Å². The van der Waals surface area contributed by atoms with E-state index in [-0.39, 0.29) is 11.8 Å². The van der Waals surface area contributed by atoms with Crippen LogP contribution in [0, 0.1) is 5.92 Å². The molecule has 0 saturated carbocycles. The molecule has 0 bridgehead atoms. The normalized spacial score (nSPS) is 13.9. The first-order valence-electron chi connectivity index (χ1n) is 7.54. The maximum atomic E-state index is 11.4. The second-order valence-electron chi connectivity index (χ2n) is 5.42. The van der Waals surface area contributed by atoms with Crippen molar-refractivity contribution in [3.8, 4) is 11.5 Å². The van der Waals surface area contributed by atoms with Gasteiger partial charge in [0.05, 0.1) is 13.2 Å². The number of carbonyl (C=O) groups excluding carboxylic acids is 1. The van der Waals surface area contributed by atoms with E-state index in [4.69, 9.17) is 9.47 Å². The lowest BCUT2D eigenvalue weighted by Crippen LogP contribution is -2.34. The first-order valence-corrected chi connectivity index (χ1v) is 7.54. The maximum Gasteiger partial charge on any atom is 0.222 e. The van der Waals surface area contributed by atoms with E-state index in [1.807, 2.05) is 32.0 Å². The molecule has 2 rings (SSSR count). The predicted octanol–water partition coefficient (Wildman–Crippen LogP) is 1.71. The van der Waals surface area contributed by atoms with Crippen molar-refractivity contribution in [2.45, 2.75) is 26.8 Å². The van der Waals surface area contributed by atoms with Crippen LogP contribution in [0.1, 0.15) is 25.8 Å². The van der Waals surface area contributed by atoms with E-state index in [9.17, 15) is 4.79 Å². The second kappa shape index (κ2) is 7.88. The van der Waals surface area contributed by atoms with Crippen LogP contribution < -0.4 is 20.1 Å². The fraction of sp³-hybridized carbons (Fsp3) is 0.562. The molecule has 0 fully saturated rings. The fourth-order valence-electron chi connectivity index (χ4n) is 2.09. The van der Waals surface area contributed by atoms with E-state index >= 15 is 0 Å². The minimum Gasteiger partial charge on any atom is -0.490 e. The van der Waals surface area contributed by atoms with Crippen molar-refractivity contribution in [1.82, 2.24) is 10.6 Å². The zero-order valence-electron chi connectivity index (χ0n) is 12.8. The van der Waals surface area contributed by atoms with Gasteiger partial charge >= 0.3 is 0 Å². The Morgan fingerprint density at radius 3 is 2.86 bits per heavy atom. The second-order valence-corrected chi connectivity index (χ2v) is 5.42. The molecule has 1 aromatic carbocycles. The van der Waals surface area contributed by atoms with E-state index in [2.05, 4.69) is 10.6 Å². The highest BCUT2D eigenvalue weighted by Crippen LogP contribution is 2.32. The molecule has 0 saturated heterocycles. The summed E-state index contributed by atoms with van der Waals surface area (Å²) in [6.45, 7) is 7.22. The minimum atomic E-state index is 0.0282. The number of rotatable bonds is 6. The molecule has 0 unspecified atom stereocenters. The average molecular weight is 292 g/mol. The molecule has 5 heteroatoms. The number of carbonyl (C=O) groups is 1. The Kier molecular flexibility index (Phi) is 5.87. The summed E-state index contributed by atoms with van der Waals surface area (Å²) in [6.07, 6.45) is 0.906. The van der Waals surface area contributed by atoms with Crippen LogP contribution in [0.5, 0.6) is 11.5 Å². The SMILES string of the molecule is CC(C)C(=O)NCCNCc1cccc2c1OCCCO2. The van der Waals surface area contributed by atoms with E-state index in [1.54, 1.807) is 0 Å². The molecule has 2 N–H and O–H groups in total. The van der Waals surface area contributed by atoms with Crippen molar-refractivity contribution >= 4 is 5.91 Å². The largest absolute Gasteiger partial charge is 0.490 e. The molecule has 1 amide bonds. The number of benzene rings is 1. The summed E-state index contributed by atoms with van der Waals surface area (Å²) < 4.78 is 11.4. The molecule has 1 heterocycles. The minimum absolute atomic E-state index is 0.0282. The van der Waals surface area contributed by atoms with Gasteiger partial charge in [-0.1, -0.05) is 26.0 Å². The maximum absolute atomic E-state index is 11.4.